The molecule has 1 heterocycles. The summed E-state index contributed by atoms with van der Waals surface area (Å²) in [6.45, 7) is 0.364. The third-order valence-electron chi connectivity index (χ3n) is 2.87. The predicted molar refractivity (Wildman–Crippen MR) is 70.3 cm³/mol. The standard InChI is InChI=1S/C15H12O4/c16-11-1-4-13(5-2-11)18-8-10-9-19-15-7-12(17)3-6-14(10)15/h1-7,9,16-17H,8H2. The van der Waals surface area contributed by atoms with Crippen LogP contribution in [0.4, 0.5) is 0 Å². The molecule has 96 valence electrons. The third-order valence-corrected chi connectivity index (χ3v) is 2.87. The fraction of sp³-hybridized carbons (Fsp3) is 0.0667. The van der Waals surface area contributed by atoms with E-state index in [9.17, 15) is 10.2 Å². The number of aromatic hydroxyl groups is 2. The van der Waals surface area contributed by atoms with Crippen LogP contribution in [0.2, 0.25) is 0 Å². The fourth-order valence-electron chi connectivity index (χ4n) is 1.89. The molecule has 0 aliphatic rings. The summed E-state index contributed by atoms with van der Waals surface area (Å²) in [5, 5.41) is 19.5. The fourth-order valence-corrected chi connectivity index (χ4v) is 1.89. The van der Waals surface area contributed by atoms with Crippen molar-refractivity contribution in [2.24, 2.45) is 0 Å². The average Bonchev–Trinajstić information content (AvgIpc) is 2.80. The lowest BCUT2D eigenvalue weighted by Crippen LogP contribution is -1.93. The highest BCUT2D eigenvalue weighted by Gasteiger charge is 2.07. The number of phenolic OH excluding ortho intramolecular Hbond substituents is 2. The van der Waals surface area contributed by atoms with E-state index < -0.39 is 0 Å². The summed E-state index contributed by atoms with van der Waals surface area (Å²) in [5.74, 6) is 1.05. The van der Waals surface area contributed by atoms with Gasteiger partial charge in [-0.15, -0.1) is 0 Å². The van der Waals surface area contributed by atoms with Gasteiger partial charge in [0.15, 0.2) is 0 Å². The van der Waals surface area contributed by atoms with Gasteiger partial charge in [-0.05, 0) is 36.4 Å². The Balaban J connectivity index is 1.80. The van der Waals surface area contributed by atoms with E-state index >= 15 is 0 Å². The topological polar surface area (TPSA) is 62.8 Å². The Labute approximate surface area is 109 Å². The molecule has 1 aromatic heterocycles. The van der Waals surface area contributed by atoms with E-state index in [0.29, 0.717) is 17.9 Å². The van der Waals surface area contributed by atoms with Crippen LogP contribution in [0.15, 0.2) is 53.1 Å². The summed E-state index contributed by atoms with van der Waals surface area (Å²) in [4.78, 5) is 0. The second-order valence-electron chi connectivity index (χ2n) is 4.22. The quantitative estimate of drug-likeness (QED) is 0.753. The van der Waals surface area contributed by atoms with Gasteiger partial charge in [-0.2, -0.15) is 0 Å². The third kappa shape index (κ3) is 2.33. The van der Waals surface area contributed by atoms with Gasteiger partial charge in [0.2, 0.25) is 0 Å². The average molecular weight is 256 g/mol. The molecule has 0 bridgehead atoms. The van der Waals surface area contributed by atoms with Crippen LogP contribution in [0, 0.1) is 0 Å². The minimum atomic E-state index is 0.174. The predicted octanol–water partition coefficient (Wildman–Crippen LogP) is 3.42. The first-order valence-corrected chi connectivity index (χ1v) is 5.83. The van der Waals surface area contributed by atoms with Gasteiger partial charge in [-0.1, -0.05) is 0 Å². The summed E-state index contributed by atoms with van der Waals surface area (Å²) < 4.78 is 11.0. The van der Waals surface area contributed by atoms with Crippen molar-refractivity contribution in [1.29, 1.82) is 0 Å². The lowest BCUT2D eigenvalue weighted by atomic mass is 10.2. The lowest BCUT2D eigenvalue weighted by molar-refractivity contribution is 0.305. The summed E-state index contributed by atoms with van der Waals surface area (Å²) in [7, 11) is 0. The molecule has 4 heteroatoms. The highest BCUT2D eigenvalue weighted by Crippen LogP contribution is 2.26. The van der Waals surface area contributed by atoms with Gasteiger partial charge in [-0.3, -0.25) is 0 Å². The highest BCUT2D eigenvalue weighted by molar-refractivity contribution is 5.82. The SMILES string of the molecule is Oc1ccc(OCc2coc3cc(O)ccc23)cc1. The van der Waals surface area contributed by atoms with Crippen LogP contribution in [0.3, 0.4) is 0 Å². The molecule has 0 unspecified atom stereocenters. The lowest BCUT2D eigenvalue weighted by Gasteiger charge is -2.04. The van der Waals surface area contributed by atoms with E-state index in [-0.39, 0.29) is 11.5 Å². The molecule has 0 fully saturated rings. The Morgan fingerprint density at radius 1 is 0.947 bits per heavy atom. The van der Waals surface area contributed by atoms with Crippen molar-refractivity contribution in [3.05, 3.63) is 54.3 Å². The zero-order chi connectivity index (χ0) is 13.2. The summed E-state index contributed by atoms with van der Waals surface area (Å²) >= 11 is 0. The van der Waals surface area contributed by atoms with Crippen molar-refractivity contribution in [3.63, 3.8) is 0 Å². The number of benzene rings is 2. The van der Waals surface area contributed by atoms with Crippen LogP contribution < -0.4 is 4.74 Å². The molecular weight excluding hydrogens is 244 g/mol. The molecule has 3 aromatic rings. The van der Waals surface area contributed by atoms with Crippen LogP contribution in [0.5, 0.6) is 17.2 Å². The first kappa shape index (κ1) is 11.5. The van der Waals surface area contributed by atoms with Crippen molar-refractivity contribution in [3.8, 4) is 17.2 Å². The van der Waals surface area contributed by atoms with Crippen molar-refractivity contribution in [2.45, 2.75) is 6.61 Å². The van der Waals surface area contributed by atoms with Gasteiger partial charge >= 0.3 is 0 Å². The molecule has 0 aliphatic carbocycles. The minimum absolute atomic E-state index is 0.174. The first-order chi connectivity index (χ1) is 9.22. The van der Waals surface area contributed by atoms with E-state index in [0.717, 1.165) is 10.9 Å². The Morgan fingerprint density at radius 2 is 1.68 bits per heavy atom. The molecule has 0 atom stereocenters. The van der Waals surface area contributed by atoms with Crippen LogP contribution in [0.25, 0.3) is 11.0 Å². The highest BCUT2D eigenvalue weighted by atomic mass is 16.5. The number of phenols is 2. The normalized spacial score (nSPS) is 10.7. The smallest absolute Gasteiger partial charge is 0.137 e. The second-order valence-corrected chi connectivity index (χ2v) is 4.22. The summed E-state index contributed by atoms with van der Waals surface area (Å²) in [6, 6.07) is 11.5. The van der Waals surface area contributed by atoms with Crippen molar-refractivity contribution >= 4 is 11.0 Å². The first-order valence-electron chi connectivity index (χ1n) is 5.83. The largest absolute Gasteiger partial charge is 0.508 e. The molecule has 0 saturated heterocycles. The van der Waals surface area contributed by atoms with Crippen molar-refractivity contribution in [1.82, 2.24) is 0 Å². The van der Waals surface area contributed by atoms with Crippen LogP contribution in [-0.2, 0) is 6.61 Å². The Hall–Kier alpha value is -2.62. The van der Waals surface area contributed by atoms with Crippen molar-refractivity contribution < 1.29 is 19.4 Å². The molecule has 0 saturated carbocycles. The van der Waals surface area contributed by atoms with Gasteiger partial charge < -0.3 is 19.4 Å². The van der Waals surface area contributed by atoms with Gasteiger partial charge in [0.25, 0.3) is 0 Å². The zero-order valence-corrected chi connectivity index (χ0v) is 10.0. The molecule has 4 nitrogen and oxygen atoms in total. The molecule has 2 N–H and O–H groups in total. The molecule has 2 aromatic carbocycles. The Morgan fingerprint density at radius 3 is 2.47 bits per heavy atom. The van der Waals surface area contributed by atoms with Gasteiger partial charge in [0.1, 0.15) is 29.4 Å². The molecule has 0 radical (unpaired) electrons. The Bertz CT molecular complexity index is 698. The zero-order valence-electron chi connectivity index (χ0n) is 10.0. The molecule has 3 rings (SSSR count). The monoisotopic (exact) mass is 256 g/mol. The number of rotatable bonds is 3. The van der Waals surface area contributed by atoms with E-state index in [1.807, 2.05) is 0 Å². The number of hydrogen-bond donors (Lipinski definition) is 2. The minimum Gasteiger partial charge on any atom is -0.508 e. The second kappa shape index (κ2) is 4.57. The van der Waals surface area contributed by atoms with E-state index in [1.165, 1.54) is 0 Å². The number of hydrogen-bond acceptors (Lipinski definition) is 4. The molecule has 0 spiro atoms. The van der Waals surface area contributed by atoms with E-state index in [4.69, 9.17) is 9.15 Å². The summed E-state index contributed by atoms with van der Waals surface area (Å²) in [5.41, 5.74) is 1.53. The van der Waals surface area contributed by atoms with Crippen molar-refractivity contribution in [2.75, 3.05) is 0 Å². The maximum atomic E-state index is 9.36. The number of fused-ring (bicyclic) bond motifs is 1. The van der Waals surface area contributed by atoms with E-state index in [1.54, 1.807) is 48.7 Å². The van der Waals surface area contributed by atoms with Gasteiger partial charge in [-0.25, -0.2) is 0 Å². The number of ether oxygens (including phenoxy) is 1. The Kier molecular flexibility index (Phi) is 2.76. The molecule has 0 amide bonds. The van der Waals surface area contributed by atoms with Crippen LogP contribution >= 0.6 is 0 Å². The van der Waals surface area contributed by atoms with Crippen LogP contribution in [0.1, 0.15) is 5.56 Å². The molecule has 19 heavy (non-hydrogen) atoms. The number of furan rings is 1. The van der Waals surface area contributed by atoms with Gasteiger partial charge in [0, 0.05) is 17.0 Å². The molecule has 0 aliphatic heterocycles. The summed E-state index contributed by atoms with van der Waals surface area (Å²) in [6.07, 6.45) is 1.62. The maximum absolute atomic E-state index is 9.36. The van der Waals surface area contributed by atoms with Crippen LogP contribution in [-0.4, -0.2) is 10.2 Å². The molecular formula is C15H12O4. The van der Waals surface area contributed by atoms with E-state index in [2.05, 4.69) is 0 Å². The maximum Gasteiger partial charge on any atom is 0.137 e. The van der Waals surface area contributed by atoms with Gasteiger partial charge in [0.05, 0.1) is 6.26 Å².